The molecular weight excluding hydrogens is 320 g/mol. The number of hydrogen-bond acceptors (Lipinski definition) is 4. The molecule has 6 heteroatoms. The minimum atomic E-state index is -0.506. The molecule has 1 aromatic carbocycles. The number of ether oxygens (including phenoxy) is 2. The van der Waals surface area contributed by atoms with Crippen molar-refractivity contribution in [2.24, 2.45) is 0 Å². The summed E-state index contributed by atoms with van der Waals surface area (Å²) < 4.78 is 10.8. The highest BCUT2D eigenvalue weighted by Crippen LogP contribution is 2.14. The third kappa shape index (κ3) is 6.64. The molecule has 1 saturated heterocycles. The SMILES string of the molecule is Cc1ccc(OCC(=O)N2CCC(NC(=O)OC(C)(C)C)CC2)cc1. The first-order valence-corrected chi connectivity index (χ1v) is 8.70. The normalized spacial score (nSPS) is 15.6. The van der Waals surface area contributed by atoms with Crippen molar-refractivity contribution in [3.8, 4) is 5.75 Å². The van der Waals surface area contributed by atoms with Crippen LogP contribution in [0.4, 0.5) is 4.79 Å². The Kier molecular flexibility index (Phi) is 6.28. The third-order valence-electron chi connectivity index (χ3n) is 3.95. The lowest BCUT2D eigenvalue weighted by Gasteiger charge is -2.32. The maximum Gasteiger partial charge on any atom is 0.407 e. The summed E-state index contributed by atoms with van der Waals surface area (Å²) in [5.74, 6) is 0.664. The molecule has 1 fully saturated rings. The summed E-state index contributed by atoms with van der Waals surface area (Å²) in [6.45, 7) is 8.76. The van der Waals surface area contributed by atoms with Gasteiger partial charge in [0.05, 0.1) is 0 Å². The highest BCUT2D eigenvalue weighted by molar-refractivity contribution is 5.78. The third-order valence-corrected chi connectivity index (χ3v) is 3.95. The molecule has 0 saturated carbocycles. The van der Waals surface area contributed by atoms with E-state index in [1.807, 2.05) is 52.0 Å². The maximum absolute atomic E-state index is 12.2. The molecule has 6 nitrogen and oxygen atoms in total. The van der Waals surface area contributed by atoms with Gasteiger partial charge in [0.2, 0.25) is 0 Å². The topological polar surface area (TPSA) is 67.9 Å². The van der Waals surface area contributed by atoms with E-state index in [1.165, 1.54) is 0 Å². The van der Waals surface area contributed by atoms with Crippen LogP contribution in [0.25, 0.3) is 0 Å². The number of carbonyl (C=O) groups is 2. The standard InChI is InChI=1S/C19H28N2O4/c1-14-5-7-16(8-6-14)24-13-17(22)21-11-9-15(10-12-21)20-18(23)25-19(2,3)4/h5-8,15H,9-13H2,1-4H3,(H,20,23). The van der Waals surface area contributed by atoms with Gasteiger partial charge < -0.3 is 19.7 Å². The van der Waals surface area contributed by atoms with Gasteiger partial charge in [-0.1, -0.05) is 17.7 Å². The number of likely N-dealkylation sites (tertiary alicyclic amines) is 1. The minimum absolute atomic E-state index is 0.0312. The zero-order valence-electron chi connectivity index (χ0n) is 15.5. The second-order valence-electron chi connectivity index (χ2n) is 7.40. The molecule has 1 heterocycles. The van der Waals surface area contributed by atoms with Crippen LogP contribution in [0.3, 0.4) is 0 Å². The fourth-order valence-corrected chi connectivity index (χ4v) is 2.62. The quantitative estimate of drug-likeness (QED) is 0.908. The second kappa shape index (κ2) is 8.23. The number of hydrogen-bond donors (Lipinski definition) is 1. The van der Waals surface area contributed by atoms with Crippen LogP contribution < -0.4 is 10.1 Å². The summed E-state index contributed by atoms with van der Waals surface area (Å²) in [6, 6.07) is 7.66. The number of benzene rings is 1. The van der Waals surface area contributed by atoms with Crippen LogP contribution >= 0.6 is 0 Å². The van der Waals surface area contributed by atoms with E-state index in [4.69, 9.17) is 9.47 Å². The van der Waals surface area contributed by atoms with Gasteiger partial charge in [0.25, 0.3) is 5.91 Å². The van der Waals surface area contributed by atoms with Crippen molar-refractivity contribution in [2.45, 2.75) is 52.2 Å². The lowest BCUT2D eigenvalue weighted by atomic mass is 10.1. The summed E-state index contributed by atoms with van der Waals surface area (Å²) >= 11 is 0. The molecule has 25 heavy (non-hydrogen) atoms. The number of nitrogens with one attached hydrogen (secondary N) is 1. The van der Waals surface area contributed by atoms with E-state index in [9.17, 15) is 9.59 Å². The highest BCUT2D eigenvalue weighted by Gasteiger charge is 2.25. The predicted octanol–water partition coefficient (Wildman–Crippen LogP) is 2.89. The van der Waals surface area contributed by atoms with Crippen LogP contribution in [0.2, 0.25) is 0 Å². The second-order valence-corrected chi connectivity index (χ2v) is 7.40. The van der Waals surface area contributed by atoms with E-state index in [-0.39, 0.29) is 18.6 Å². The molecule has 0 atom stereocenters. The van der Waals surface area contributed by atoms with Crippen molar-refractivity contribution in [2.75, 3.05) is 19.7 Å². The predicted molar refractivity (Wildman–Crippen MR) is 95.6 cm³/mol. The zero-order chi connectivity index (χ0) is 18.4. The van der Waals surface area contributed by atoms with Crippen LogP contribution in [-0.4, -0.2) is 48.2 Å². The Hall–Kier alpha value is -2.24. The van der Waals surface area contributed by atoms with E-state index in [0.29, 0.717) is 18.8 Å². The van der Waals surface area contributed by atoms with Crippen LogP contribution in [0, 0.1) is 6.92 Å². The lowest BCUT2D eigenvalue weighted by Crippen LogP contribution is -2.48. The Labute approximate surface area is 149 Å². The Morgan fingerprint density at radius 3 is 2.32 bits per heavy atom. The van der Waals surface area contributed by atoms with Gasteiger partial charge in [-0.05, 0) is 52.7 Å². The average molecular weight is 348 g/mol. The van der Waals surface area contributed by atoms with Crippen molar-refractivity contribution in [1.82, 2.24) is 10.2 Å². The van der Waals surface area contributed by atoms with Gasteiger partial charge in [0.1, 0.15) is 11.4 Å². The molecule has 138 valence electrons. The van der Waals surface area contributed by atoms with Crippen LogP contribution in [0.5, 0.6) is 5.75 Å². The smallest absolute Gasteiger partial charge is 0.407 e. The van der Waals surface area contributed by atoms with Gasteiger partial charge in [-0.3, -0.25) is 4.79 Å². The molecule has 1 N–H and O–H groups in total. The molecule has 0 aliphatic carbocycles. The molecule has 0 bridgehead atoms. The number of amides is 2. The molecule has 1 aliphatic rings. The number of piperidine rings is 1. The molecular formula is C19H28N2O4. The number of nitrogens with zero attached hydrogens (tertiary/aromatic N) is 1. The number of rotatable bonds is 4. The molecule has 0 spiro atoms. The number of alkyl carbamates (subject to hydrolysis) is 1. The van der Waals surface area contributed by atoms with E-state index in [1.54, 1.807) is 4.90 Å². The fourth-order valence-electron chi connectivity index (χ4n) is 2.62. The van der Waals surface area contributed by atoms with E-state index in [0.717, 1.165) is 18.4 Å². The Morgan fingerprint density at radius 2 is 1.76 bits per heavy atom. The lowest BCUT2D eigenvalue weighted by molar-refractivity contribution is -0.134. The first-order chi connectivity index (χ1) is 11.7. The van der Waals surface area contributed by atoms with Gasteiger partial charge in [0.15, 0.2) is 6.61 Å². The van der Waals surface area contributed by atoms with Gasteiger partial charge in [-0.25, -0.2) is 4.79 Å². The monoisotopic (exact) mass is 348 g/mol. The molecule has 1 aliphatic heterocycles. The first kappa shape index (κ1) is 19.1. The Morgan fingerprint density at radius 1 is 1.16 bits per heavy atom. The molecule has 0 unspecified atom stereocenters. The van der Waals surface area contributed by atoms with Gasteiger partial charge in [0, 0.05) is 19.1 Å². The van der Waals surface area contributed by atoms with Gasteiger partial charge in [-0.2, -0.15) is 0 Å². The summed E-state index contributed by atoms with van der Waals surface area (Å²) in [7, 11) is 0. The molecule has 2 amide bonds. The highest BCUT2D eigenvalue weighted by atomic mass is 16.6. The molecule has 2 rings (SSSR count). The Bertz CT molecular complexity index is 584. The van der Waals surface area contributed by atoms with Gasteiger partial charge >= 0.3 is 6.09 Å². The number of aryl methyl sites for hydroxylation is 1. The largest absolute Gasteiger partial charge is 0.484 e. The summed E-state index contributed by atoms with van der Waals surface area (Å²) in [5, 5.41) is 2.87. The average Bonchev–Trinajstić information content (AvgIpc) is 2.53. The molecule has 0 aromatic heterocycles. The maximum atomic E-state index is 12.2. The minimum Gasteiger partial charge on any atom is -0.484 e. The van der Waals surface area contributed by atoms with Crippen LogP contribution in [0.1, 0.15) is 39.2 Å². The Balaban J connectivity index is 1.71. The fraction of sp³-hybridized carbons (Fsp3) is 0.579. The van der Waals surface area contributed by atoms with Crippen molar-refractivity contribution in [3.63, 3.8) is 0 Å². The van der Waals surface area contributed by atoms with E-state index >= 15 is 0 Å². The van der Waals surface area contributed by atoms with Crippen LogP contribution in [-0.2, 0) is 9.53 Å². The summed E-state index contributed by atoms with van der Waals surface area (Å²) in [5.41, 5.74) is 0.645. The molecule has 1 aromatic rings. The van der Waals surface area contributed by atoms with E-state index in [2.05, 4.69) is 5.32 Å². The summed E-state index contributed by atoms with van der Waals surface area (Å²) in [4.78, 5) is 25.8. The van der Waals surface area contributed by atoms with E-state index < -0.39 is 11.7 Å². The van der Waals surface area contributed by atoms with Crippen molar-refractivity contribution in [3.05, 3.63) is 29.8 Å². The molecule has 0 radical (unpaired) electrons. The summed E-state index contributed by atoms with van der Waals surface area (Å²) in [6.07, 6.45) is 1.03. The first-order valence-electron chi connectivity index (χ1n) is 8.70. The van der Waals surface area contributed by atoms with Crippen molar-refractivity contribution in [1.29, 1.82) is 0 Å². The van der Waals surface area contributed by atoms with Gasteiger partial charge in [-0.15, -0.1) is 0 Å². The zero-order valence-corrected chi connectivity index (χ0v) is 15.5. The van der Waals surface area contributed by atoms with Crippen molar-refractivity contribution < 1.29 is 19.1 Å². The van der Waals surface area contributed by atoms with Crippen molar-refractivity contribution >= 4 is 12.0 Å². The van der Waals surface area contributed by atoms with Crippen LogP contribution in [0.15, 0.2) is 24.3 Å². The number of carbonyl (C=O) groups excluding carboxylic acids is 2.